The quantitative estimate of drug-likeness (QED) is 0.550. The van der Waals surface area contributed by atoms with E-state index < -0.39 is 16.9 Å². The van der Waals surface area contributed by atoms with Crippen molar-refractivity contribution in [3.8, 4) is 11.5 Å². The number of alkyl halides is 2. The molecule has 4 rings (SSSR count). The second-order valence-electron chi connectivity index (χ2n) is 7.37. The standard InChI is InChI=1S/C23H19F3N4O3S/c1-3-32-18-11-14(6-9-17(18)33-12-13-4-7-15(24)8-5-13)10-16-19(27)30-22(28-20(16)31)34-21(29-30)23(2,25)26/h4-11,27H,3,12H2,1-2H3/b16-10-,27-19?. The van der Waals surface area contributed by atoms with E-state index >= 15 is 0 Å². The fourth-order valence-electron chi connectivity index (χ4n) is 3.08. The highest BCUT2D eigenvalue weighted by Crippen LogP contribution is 2.35. The molecule has 0 unspecified atom stereocenters. The molecule has 0 aromatic heterocycles. The Morgan fingerprint density at radius 2 is 1.88 bits per heavy atom. The van der Waals surface area contributed by atoms with E-state index in [-0.39, 0.29) is 29.0 Å². The van der Waals surface area contributed by atoms with Gasteiger partial charge in [-0.1, -0.05) is 18.2 Å². The van der Waals surface area contributed by atoms with Crippen molar-refractivity contribution in [1.82, 2.24) is 5.01 Å². The van der Waals surface area contributed by atoms with Crippen LogP contribution in [-0.4, -0.2) is 39.5 Å². The molecular formula is C23H19F3N4O3S. The number of rotatable bonds is 7. The van der Waals surface area contributed by atoms with Gasteiger partial charge >= 0.3 is 0 Å². The van der Waals surface area contributed by atoms with E-state index in [1.54, 1.807) is 37.3 Å². The first kappa shape index (κ1) is 23.6. The topological polar surface area (TPSA) is 87.3 Å². The molecule has 2 aromatic carbocycles. The molecule has 0 spiro atoms. The average molecular weight is 488 g/mol. The summed E-state index contributed by atoms with van der Waals surface area (Å²) in [6.45, 7) is 3.03. The molecule has 0 aliphatic carbocycles. The van der Waals surface area contributed by atoms with Gasteiger partial charge < -0.3 is 9.47 Å². The summed E-state index contributed by atoms with van der Waals surface area (Å²) in [5, 5.41) is 12.4. The molecule has 0 radical (unpaired) electrons. The van der Waals surface area contributed by atoms with Gasteiger partial charge in [-0.25, -0.2) is 4.39 Å². The number of carbonyl (C=O) groups is 1. The van der Waals surface area contributed by atoms with E-state index in [1.165, 1.54) is 18.2 Å². The van der Waals surface area contributed by atoms with E-state index in [9.17, 15) is 18.0 Å². The fraction of sp³-hybridized carbons (Fsp3) is 0.217. The maximum atomic E-state index is 13.6. The Kier molecular flexibility index (Phi) is 6.47. The molecule has 11 heteroatoms. The molecule has 2 aliphatic heterocycles. The molecule has 1 amide bonds. The number of nitrogens with zero attached hydrogens (tertiary/aromatic N) is 3. The van der Waals surface area contributed by atoms with E-state index in [0.29, 0.717) is 42.4 Å². The van der Waals surface area contributed by atoms with Crippen molar-refractivity contribution in [2.24, 2.45) is 10.1 Å². The van der Waals surface area contributed by atoms with Crippen LogP contribution >= 0.6 is 11.8 Å². The minimum Gasteiger partial charge on any atom is -0.490 e. The summed E-state index contributed by atoms with van der Waals surface area (Å²) in [5.41, 5.74) is 1.18. The minimum absolute atomic E-state index is 0.0804. The minimum atomic E-state index is -3.21. The SMILES string of the molecule is CCOc1cc(/C=C2/C(=N)N3N=C(C(C)(F)F)SC3=NC2=O)ccc1OCc1ccc(F)cc1. The Morgan fingerprint density at radius 1 is 1.15 bits per heavy atom. The van der Waals surface area contributed by atoms with Gasteiger partial charge in [-0.15, -0.1) is 0 Å². The van der Waals surface area contributed by atoms with Crippen molar-refractivity contribution < 1.29 is 27.4 Å². The van der Waals surface area contributed by atoms with Crippen LogP contribution in [0.25, 0.3) is 6.08 Å². The van der Waals surface area contributed by atoms with Crippen LogP contribution in [0.15, 0.2) is 58.1 Å². The molecule has 2 heterocycles. The number of amidine groups is 2. The smallest absolute Gasteiger partial charge is 0.295 e. The molecule has 0 bridgehead atoms. The molecule has 176 valence electrons. The lowest BCUT2D eigenvalue weighted by Crippen LogP contribution is -2.35. The second-order valence-corrected chi connectivity index (χ2v) is 8.32. The molecule has 1 N–H and O–H groups in total. The molecule has 2 aromatic rings. The van der Waals surface area contributed by atoms with Crippen LogP contribution in [-0.2, 0) is 11.4 Å². The lowest BCUT2D eigenvalue weighted by atomic mass is 10.1. The van der Waals surface area contributed by atoms with Crippen molar-refractivity contribution in [1.29, 1.82) is 5.41 Å². The van der Waals surface area contributed by atoms with Crippen LogP contribution in [0.2, 0.25) is 0 Å². The highest BCUT2D eigenvalue weighted by Gasteiger charge is 2.42. The predicted octanol–water partition coefficient (Wildman–Crippen LogP) is 5.08. The van der Waals surface area contributed by atoms with Crippen molar-refractivity contribution in [2.75, 3.05) is 6.61 Å². The van der Waals surface area contributed by atoms with Crippen LogP contribution in [0, 0.1) is 11.2 Å². The highest BCUT2D eigenvalue weighted by atomic mass is 32.2. The zero-order chi connectivity index (χ0) is 24.5. The molecule has 0 saturated carbocycles. The summed E-state index contributed by atoms with van der Waals surface area (Å²) in [5.74, 6) is -3.79. The third-order valence-electron chi connectivity index (χ3n) is 4.72. The number of halogens is 3. The van der Waals surface area contributed by atoms with Crippen LogP contribution in [0.3, 0.4) is 0 Å². The van der Waals surface area contributed by atoms with Crippen molar-refractivity contribution in [3.05, 3.63) is 65.0 Å². The summed E-state index contributed by atoms with van der Waals surface area (Å²) in [6.07, 6.45) is 1.42. The lowest BCUT2D eigenvalue weighted by Gasteiger charge is -2.20. The van der Waals surface area contributed by atoms with Gasteiger partial charge in [-0.05, 0) is 60.2 Å². The Bertz CT molecular complexity index is 1240. The van der Waals surface area contributed by atoms with E-state index in [1.807, 2.05) is 0 Å². The number of hydrogen-bond acceptors (Lipinski definition) is 6. The molecule has 7 nitrogen and oxygen atoms in total. The number of fused-ring (bicyclic) bond motifs is 1. The van der Waals surface area contributed by atoms with Crippen LogP contribution in [0.1, 0.15) is 25.0 Å². The lowest BCUT2D eigenvalue weighted by molar-refractivity contribution is -0.114. The summed E-state index contributed by atoms with van der Waals surface area (Å²) < 4.78 is 51.8. The first-order valence-corrected chi connectivity index (χ1v) is 11.0. The van der Waals surface area contributed by atoms with Gasteiger partial charge in [-0.3, -0.25) is 10.2 Å². The number of nitrogens with one attached hydrogen (secondary N) is 1. The van der Waals surface area contributed by atoms with Crippen LogP contribution < -0.4 is 9.47 Å². The fourth-order valence-corrected chi connectivity index (χ4v) is 3.90. The van der Waals surface area contributed by atoms with Gasteiger partial charge in [0.2, 0.25) is 5.17 Å². The third kappa shape index (κ3) is 4.98. The van der Waals surface area contributed by atoms with Crippen molar-refractivity contribution in [2.45, 2.75) is 26.4 Å². The summed E-state index contributed by atoms with van der Waals surface area (Å²) in [6, 6.07) is 10.8. The number of hydrazone groups is 1. The molecular weight excluding hydrogens is 469 g/mol. The predicted molar refractivity (Wildman–Crippen MR) is 124 cm³/mol. The number of amides is 1. The largest absolute Gasteiger partial charge is 0.490 e. The number of aliphatic imine (C=N–C) groups is 1. The number of ether oxygens (including phenoxy) is 2. The third-order valence-corrected chi connectivity index (χ3v) is 5.80. The maximum absolute atomic E-state index is 13.6. The van der Waals surface area contributed by atoms with Crippen LogP contribution in [0.4, 0.5) is 13.2 Å². The van der Waals surface area contributed by atoms with E-state index in [2.05, 4.69) is 10.1 Å². The van der Waals surface area contributed by atoms with Gasteiger partial charge in [0.15, 0.2) is 22.4 Å². The first-order valence-electron chi connectivity index (χ1n) is 10.2. The Balaban J connectivity index is 1.58. The molecule has 2 aliphatic rings. The first-order chi connectivity index (χ1) is 16.2. The van der Waals surface area contributed by atoms with Gasteiger partial charge in [0, 0.05) is 6.92 Å². The average Bonchev–Trinajstić information content (AvgIpc) is 3.22. The monoisotopic (exact) mass is 488 g/mol. The van der Waals surface area contributed by atoms with E-state index in [0.717, 1.165) is 10.6 Å². The molecule has 0 fully saturated rings. The zero-order valence-electron chi connectivity index (χ0n) is 18.1. The summed E-state index contributed by atoms with van der Waals surface area (Å²) in [7, 11) is 0. The normalized spacial score (nSPS) is 17.0. The highest BCUT2D eigenvalue weighted by molar-refractivity contribution is 8.27. The van der Waals surface area contributed by atoms with E-state index in [4.69, 9.17) is 14.9 Å². The molecule has 0 saturated heterocycles. The summed E-state index contributed by atoms with van der Waals surface area (Å²) >= 11 is 0.562. The van der Waals surface area contributed by atoms with Gasteiger partial charge in [0.05, 0.1) is 12.2 Å². The van der Waals surface area contributed by atoms with Gasteiger partial charge in [0.25, 0.3) is 11.8 Å². The molecule has 0 atom stereocenters. The van der Waals surface area contributed by atoms with Gasteiger partial charge in [-0.2, -0.15) is 23.9 Å². The Hall–Kier alpha value is -3.60. The zero-order valence-corrected chi connectivity index (χ0v) is 19.0. The van der Waals surface area contributed by atoms with Crippen molar-refractivity contribution >= 4 is 39.8 Å². The number of hydrogen-bond donors (Lipinski definition) is 1. The van der Waals surface area contributed by atoms with Crippen LogP contribution in [0.5, 0.6) is 11.5 Å². The number of thioether (sulfide) groups is 1. The number of carbonyl (C=O) groups excluding carboxylic acids is 1. The second kappa shape index (κ2) is 9.34. The summed E-state index contributed by atoms with van der Waals surface area (Å²) in [4.78, 5) is 16.3. The Morgan fingerprint density at radius 3 is 2.56 bits per heavy atom. The molecule has 34 heavy (non-hydrogen) atoms. The number of benzene rings is 2. The van der Waals surface area contributed by atoms with Crippen molar-refractivity contribution in [3.63, 3.8) is 0 Å². The maximum Gasteiger partial charge on any atom is 0.295 e. The Labute approximate surface area is 197 Å². The van der Waals surface area contributed by atoms with Gasteiger partial charge in [0.1, 0.15) is 12.4 Å².